The normalized spacial score (nSPS) is 26.8. The van der Waals surface area contributed by atoms with E-state index in [1.54, 1.807) is 0 Å². The Morgan fingerprint density at radius 2 is 2.06 bits per heavy atom. The summed E-state index contributed by atoms with van der Waals surface area (Å²) in [5, 5.41) is 7.95. The van der Waals surface area contributed by atoms with Crippen molar-refractivity contribution in [2.75, 3.05) is 13.1 Å². The number of halogens is 1. The van der Waals surface area contributed by atoms with Gasteiger partial charge in [0, 0.05) is 17.1 Å². The lowest BCUT2D eigenvalue weighted by molar-refractivity contribution is 0.278. The van der Waals surface area contributed by atoms with Gasteiger partial charge in [0.25, 0.3) is 0 Å². The molecule has 1 fully saturated rings. The Balaban J connectivity index is 1.95. The molecule has 2 rings (SSSR count). The lowest BCUT2D eigenvalue weighted by Gasteiger charge is -2.33. The highest BCUT2D eigenvalue weighted by molar-refractivity contribution is 6.30. The Kier molecular flexibility index (Phi) is 4.43. The minimum atomic E-state index is 0.387. The van der Waals surface area contributed by atoms with E-state index in [4.69, 9.17) is 11.6 Å². The van der Waals surface area contributed by atoms with Gasteiger partial charge < -0.3 is 10.6 Å². The molecular weight excluding hydrogens is 232 g/mol. The zero-order valence-corrected chi connectivity index (χ0v) is 11.3. The van der Waals surface area contributed by atoms with Crippen molar-refractivity contribution in [1.29, 1.82) is 0 Å². The van der Waals surface area contributed by atoms with Gasteiger partial charge in [0.15, 0.2) is 0 Å². The molecule has 3 unspecified atom stereocenters. The number of rotatable bonds is 3. The van der Waals surface area contributed by atoms with Crippen molar-refractivity contribution in [2.45, 2.75) is 32.4 Å². The molecule has 1 aromatic rings. The van der Waals surface area contributed by atoms with Crippen LogP contribution in [0, 0.1) is 5.92 Å². The number of piperidine rings is 1. The molecule has 1 aliphatic heterocycles. The topological polar surface area (TPSA) is 24.1 Å². The van der Waals surface area contributed by atoms with Gasteiger partial charge in [0.2, 0.25) is 0 Å². The van der Waals surface area contributed by atoms with Gasteiger partial charge in [-0.1, -0.05) is 30.7 Å². The molecule has 0 amide bonds. The Morgan fingerprint density at radius 1 is 1.35 bits per heavy atom. The van der Waals surface area contributed by atoms with Crippen molar-refractivity contribution in [1.82, 2.24) is 10.6 Å². The smallest absolute Gasteiger partial charge is 0.0406 e. The largest absolute Gasteiger partial charge is 0.316 e. The van der Waals surface area contributed by atoms with E-state index in [1.165, 1.54) is 12.0 Å². The number of nitrogens with one attached hydrogen (secondary N) is 2. The molecule has 94 valence electrons. The predicted molar refractivity (Wildman–Crippen MR) is 73.4 cm³/mol. The first-order valence-electron chi connectivity index (χ1n) is 6.39. The Labute approximate surface area is 109 Å². The van der Waals surface area contributed by atoms with Crippen LogP contribution in [-0.2, 0) is 0 Å². The van der Waals surface area contributed by atoms with E-state index in [1.807, 2.05) is 12.1 Å². The summed E-state index contributed by atoms with van der Waals surface area (Å²) in [4.78, 5) is 0. The molecule has 1 aromatic carbocycles. The second kappa shape index (κ2) is 5.85. The molecule has 2 N–H and O–H groups in total. The minimum Gasteiger partial charge on any atom is -0.316 e. The monoisotopic (exact) mass is 252 g/mol. The van der Waals surface area contributed by atoms with Crippen LogP contribution in [0.5, 0.6) is 0 Å². The summed E-state index contributed by atoms with van der Waals surface area (Å²) in [5.74, 6) is 0.693. The van der Waals surface area contributed by atoms with Crippen LogP contribution in [0.4, 0.5) is 0 Å². The second-order valence-corrected chi connectivity index (χ2v) is 5.45. The molecule has 1 heterocycles. The number of hydrogen-bond donors (Lipinski definition) is 2. The van der Waals surface area contributed by atoms with Crippen LogP contribution in [-0.4, -0.2) is 19.1 Å². The molecule has 17 heavy (non-hydrogen) atoms. The molecule has 2 nitrogen and oxygen atoms in total. The van der Waals surface area contributed by atoms with E-state index >= 15 is 0 Å². The first kappa shape index (κ1) is 12.9. The van der Waals surface area contributed by atoms with E-state index in [-0.39, 0.29) is 0 Å². The van der Waals surface area contributed by atoms with Gasteiger partial charge in [0.1, 0.15) is 0 Å². The average molecular weight is 253 g/mol. The van der Waals surface area contributed by atoms with E-state index in [2.05, 4.69) is 36.6 Å². The molecule has 0 spiro atoms. The Morgan fingerprint density at radius 3 is 2.71 bits per heavy atom. The maximum atomic E-state index is 5.90. The highest BCUT2D eigenvalue weighted by Crippen LogP contribution is 2.19. The molecule has 0 aromatic heterocycles. The highest BCUT2D eigenvalue weighted by Gasteiger charge is 2.22. The third-order valence-electron chi connectivity index (χ3n) is 3.62. The second-order valence-electron chi connectivity index (χ2n) is 5.02. The van der Waals surface area contributed by atoms with E-state index in [0.29, 0.717) is 18.0 Å². The average Bonchev–Trinajstić information content (AvgIpc) is 2.33. The summed E-state index contributed by atoms with van der Waals surface area (Å²) in [6.45, 7) is 6.76. The van der Waals surface area contributed by atoms with Crippen LogP contribution in [0.3, 0.4) is 0 Å². The summed E-state index contributed by atoms with van der Waals surface area (Å²) in [6.07, 6.45) is 1.21. The fourth-order valence-corrected chi connectivity index (χ4v) is 2.56. The Bertz CT molecular complexity index is 350. The zero-order chi connectivity index (χ0) is 12.3. The van der Waals surface area contributed by atoms with E-state index in [9.17, 15) is 0 Å². The first-order chi connectivity index (χ1) is 8.16. The molecule has 0 bridgehead atoms. The van der Waals surface area contributed by atoms with E-state index < -0.39 is 0 Å². The quantitative estimate of drug-likeness (QED) is 0.864. The van der Waals surface area contributed by atoms with Gasteiger partial charge in [-0.3, -0.25) is 0 Å². The standard InChI is InChI=1S/C14H21ClN2/c1-10-9-16-8-7-14(10)17-11(2)12-3-5-13(15)6-4-12/h3-6,10-11,14,16-17H,7-9H2,1-2H3. The molecular formula is C14H21ClN2. The van der Waals surface area contributed by atoms with Crippen LogP contribution < -0.4 is 10.6 Å². The third kappa shape index (κ3) is 3.44. The molecule has 0 radical (unpaired) electrons. The lowest BCUT2D eigenvalue weighted by Crippen LogP contribution is -2.47. The molecule has 1 saturated heterocycles. The van der Waals surface area contributed by atoms with Crippen molar-refractivity contribution >= 4 is 11.6 Å². The Hall–Kier alpha value is -0.570. The molecule has 1 aliphatic rings. The SMILES string of the molecule is CC(NC1CCNCC1C)c1ccc(Cl)cc1. The van der Waals surface area contributed by atoms with Gasteiger partial charge in [-0.15, -0.1) is 0 Å². The van der Waals surface area contributed by atoms with Gasteiger partial charge in [-0.05, 0) is 50.0 Å². The van der Waals surface area contributed by atoms with Crippen molar-refractivity contribution < 1.29 is 0 Å². The van der Waals surface area contributed by atoms with Crippen LogP contribution in [0.25, 0.3) is 0 Å². The molecule has 0 aliphatic carbocycles. The lowest BCUT2D eigenvalue weighted by atomic mass is 9.94. The summed E-state index contributed by atoms with van der Waals surface area (Å²) in [6, 6.07) is 9.12. The fraction of sp³-hybridized carbons (Fsp3) is 0.571. The molecule has 3 atom stereocenters. The minimum absolute atomic E-state index is 0.387. The van der Waals surface area contributed by atoms with E-state index in [0.717, 1.165) is 18.1 Å². The zero-order valence-electron chi connectivity index (χ0n) is 10.5. The van der Waals surface area contributed by atoms with Gasteiger partial charge in [0.05, 0.1) is 0 Å². The van der Waals surface area contributed by atoms with Crippen LogP contribution in [0.2, 0.25) is 5.02 Å². The summed E-state index contributed by atoms with van der Waals surface area (Å²) in [5.41, 5.74) is 1.31. The van der Waals surface area contributed by atoms with Crippen molar-refractivity contribution in [3.05, 3.63) is 34.9 Å². The summed E-state index contributed by atoms with van der Waals surface area (Å²) >= 11 is 5.90. The highest BCUT2D eigenvalue weighted by atomic mass is 35.5. The van der Waals surface area contributed by atoms with Crippen LogP contribution >= 0.6 is 11.6 Å². The number of hydrogen-bond acceptors (Lipinski definition) is 2. The summed E-state index contributed by atoms with van der Waals surface area (Å²) < 4.78 is 0. The maximum Gasteiger partial charge on any atom is 0.0406 e. The first-order valence-corrected chi connectivity index (χ1v) is 6.77. The third-order valence-corrected chi connectivity index (χ3v) is 3.87. The van der Waals surface area contributed by atoms with Crippen LogP contribution in [0.15, 0.2) is 24.3 Å². The van der Waals surface area contributed by atoms with Crippen LogP contribution in [0.1, 0.15) is 31.9 Å². The van der Waals surface area contributed by atoms with Crippen molar-refractivity contribution in [3.8, 4) is 0 Å². The predicted octanol–water partition coefficient (Wildman–Crippen LogP) is 2.99. The molecule has 0 saturated carbocycles. The summed E-state index contributed by atoms with van der Waals surface area (Å²) in [7, 11) is 0. The van der Waals surface area contributed by atoms with Crippen molar-refractivity contribution in [3.63, 3.8) is 0 Å². The van der Waals surface area contributed by atoms with Gasteiger partial charge in [-0.25, -0.2) is 0 Å². The fourth-order valence-electron chi connectivity index (χ4n) is 2.43. The van der Waals surface area contributed by atoms with Gasteiger partial charge in [-0.2, -0.15) is 0 Å². The van der Waals surface area contributed by atoms with Gasteiger partial charge >= 0.3 is 0 Å². The molecule has 3 heteroatoms. The maximum absolute atomic E-state index is 5.90. The van der Waals surface area contributed by atoms with Crippen molar-refractivity contribution in [2.24, 2.45) is 5.92 Å². The number of benzene rings is 1.